The van der Waals surface area contributed by atoms with Crippen molar-refractivity contribution < 1.29 is 0 Å². The molecule has 0 bridgehead atoms. The molecular weight excluding hydrogens is 669 g/mol. The molecule has 1 aromatic heterocycles. The molecule has 1 spiro atoms. The van der Waals surface area contributed by atoms with Gasteiger partial charge in [-0.1, -0.05) is 127 Å². The van der Waals surface area contributed by atoms with Crippen molar-refractivity contribution in [3.8, 4) is 40.1 Å². The van der Waals surface area contributed by atoms with Crippen LogP contribution in [-0.4, -0.2) is 4.57 Å². The Morgan fingerprint density at radius 3 is 1.51 bits per heavy atom. The lowest BCUT2D eigenvalue weighted by Crippen LogP contribution is -2.36. The predicted molar refractivity (Wildman–Crippen MR) is 221 cm³/mol. The number of hydrogen-bond acceptors (Lipinski definition) is 3. The van der Waals surface area contributed by atoms with Crippen LogP contribution in [0.25, 0.3) is 49.7 Å². The van der Waals surface area contributed by atoms with Gasteiger partial charge in [0.25, 0.3) is 0 Å². The van der Waals surface area contributed by atoms with Crippen molar-refractivity contribution in [3.05, 3.63) is 215 Å². The minimum Gasteiger partial charge on any atom is -0.310 e. The van der Waals surface area contributed by atoms with E-state index in [1.54, 1.807) is 12.1 Å². The van der Waals surface area contributed by atoms with Crippen LogP contribution in [0.4, 0.5) is 17.1 Å². The monoisotopic (exact) mass is 698 g/mol. The summed E-state index contributed by atoms with van der Waals surface area (Å²) < 4.78 is 2.33. The SMILES string of the molecule is N#Cc1ccc(-c2cc(N3c4ccccc4C4(c5ccccc5-c5ccccc54)c4ccccc43)cc(-n3c4ccccc4c4ccccc43)c2)c(C#N)c1. The summed E-state index contributed by atoms with van der Waals surface area (Å²) >= 11 is 0. The quantitative estimate of drug-likeness (QED) is 0.185. The maximum atomic E-state index is 10.4. The summed E-state index contributed by atoms with van der Waals surface area (Å²) in [6.07, 6.45) is 0. The molecule has 0 atom stereocenters. The van der Waals surface area contributed by atoms with Gasteiger partial charge >= 0.3 is 0 Å². The summed E-state index contributed by atoms with van der Waals surface area (Å²) in [6, 6.07) is 69.1. The highest BCUT2D eigenvalue weighted by atomic mass is 15.2. The van der Waals surface area contributed by atoms with Gasteiger partial charge < -0.3 is 9.47 Å². The number of para-hydroxylation sites is 4. The Kier molecular flexibility index (Phi) is 6.56. The zero-order chi connectivity index (χ0) is 36.7. The Hall–Kier alpha value is -7.66. The molecule has 9 aromatic rings. The van der Waals surface area contributed by atoms with Crippen LogP contribution in [0.3, 0.4) is 0 Å². The molecule has 1 aliphatic heterocycles. The van der Waals surface area contributed by atoms with E-state index in [1.807, 2.05) is 6.07 Å². The minimum atomic E-state index is -0.523. The van der Waals surface area contributed by atoms with Crippen LogP contribution >= 0.6 is 0 Å². The molecule has 0 unspecified atom stereocenters. The fourth-order valence-corrected chi connectivity index (χ4v) is 9.51. The summed E-state index contributed by atoms with van der Waals surface area (Å²) in [7, 11) is 0. The zero-order valence-electron chi connectivity index (χ0n) is 29.6. The second-order valence-corrected chi connectivity index (χ2v) is 14.3. The molecule has 4 nitrogen and oxygen atoms in total. The van der Waals surface area contributed by atoms with E-state index in [9.17, 15) is 10.5 Å². The lowest BCUT2D eigenvalue weighted by Gasteiger charge is -2.45. The van der Waals surface area contributed by atoms with Crippen molar-refractivity contribution in [3.63, 3.8) is 0 Å². The van der Waals surface area contributed by atoms with Gasteiger partial charge in [-0.3, -0.25) is 0 Å². The summed E-state index contributed by atoms with van der Waals surface area (Å²) in [5.41, 5.74) is 15.9. The van der Waals surface area contributed by atoms with Crippen LogP contribution in [0.2, 0.25) is 0 Å². The Balaban J connectivity index is 1.24. The predicted octanol–water partition coefficient (Wildman–Crippen LogP) is 12.3. The average Bonchev–Trinajstić information content (AvgIpc) is 3.75. The highest BCUT2D eigenvalue weighted by Gasteiger charge is 2.51. The normalized spacial score (nSPS) is 13.2. The van der Waals surface area contributed by atoms with Crippen LogP contribution in [-0.2, 0) is 5.41 Å². The number of fused-ring (bicyclic) bond motifs is 12. The zero-order valence-corrected chi connectivity index (χ0v) is 29.6. The van der Waals surface area contributed by atoms with Crippen molar-refractivity contribution in [2.75, 3.05) is 4.90 Å². The first-order valence-electron chi connectivity index (χ1n) is 18.5. The van der Waals surface area contributed by atoms with Gasteiger partial charge in [-0.15, -0.1) is 0 Å². The molecule has 4 heteroatoms. The number of rotatable bonds is 3. The van der Waals surface area contributed by atoms with Crippen LogP contribution in [0, 0.1) is 22.7 Å². The van der Waals surface area contributed by atoms with Gasteiger partial charge in [0.2, 0.25) is 0 Å². The van der Waals surface area contributed by atoms with Gasteiger partial charge in [0.05, 0.1) is 51.1 Å². The van der Waals surface area contributed by atoms with Crippen molar-refractivity contribution >= 4 is 38.9 Å². The van der Waals surface area contributed by atoms with Crippen molar-refractivity contribution in [2.24, 2.45) is 0 Å². The molecule has 254 valence electrons. The molecule has 0 amide bonds. The topological polar surface area (TPSA) is 55.8 Å². The van der Waals surface area contributed by atoms with Gasteiger partial charge in [-0.25, -0.2) is 0 Å². The molecule has 1 aliphatic carbocycles. The van der Waals surface area contributed by atoms with Crippen molar-refractivity contribution in [1.29, 1.82) is 10.5 Å². The Morgan fingerprint density at radius 1 is 0.418 bits per heavy atom. The van der Waals surface area contributed by atoms with Gasteiger partial charge in [0.1, 0.15) is 0 Å². The first kappa shape index (κ1) is 30.9. The Labute approximate surface area is 318 Å². The number of nitrogens with zero attached hydrogens (tertiary/aromatic N) is 4. The standard InChI is InChI=1S/C51H30N4/c52-31-33-25-26-38(35(27-33)32-53)34-28-36(54-47-21-9-3-15-41(47)42-16-4-10-22-48(42)54)30-37(29-34)55-49-23-11-7-19-45(49)51(46-20-8-12-24-50(46)55)43-17-5-1-13-39(43)40-14-2-6-18-44(40)51/h1-30H. The third-order valence-corrected chi connectivity index (χ3v) is 11.6. The highest BCUT2D eigenvalue weighted by molar-refractivity contribution is 6.09. The minimum absolute atomic E-state index is 0.459. The molecule has 0 fully saturated rings. The Morgan fingerprint density at radius 2 is 0.927 bits per heavy atom. The van der Waals surface area contributed by atoms with E-state index in [2.05, 4.69) is 185 Å². The van der Waals surface area contributed by atoms with E-state index in [-0.39, 0.29) is 0 Å². The fraction of sp³-hybridized carbons (Fsp3) is 0.0196. The molecule has 11 rings (SSSR count). The molecule has 8 aromatic carbocycles. The van der Waals surface area contributed by atoms with Crippen LogP contribution in [0.5, 0.6) is 0 Å². The second-order valence-electron chi connectivity index (χ2n) is 14.3. The van der Waals surface area contributed by atoms with E-state index in [0.29, 0.717) is 11.1 Å². The van der Waals surface area contributed by atoms with Crippen LogP contribution in [0.15, 0.2) is 182 Å². The summed E-state index contributed by atoms with van der Waals surface area (Å²) in [5, 5.41) is 22.5. The van der Waals surface area contributed by atoms with Crippen molar-refractivity contribution in [1.82, 2.24) is 4.57 Å². The van der Waals surface area contributed by atoms with Gasteiger partial charge in [0.15, 0.2) is 0 Å². The average molecular weight is 699 g/mol. The number of anilines is 3. The summed E-state index contributed by atoms with van der Waals surface area (Å²) in [5.74, 6) is 0. The maximum Gasteiger partial charge on any atom is 0.0998 e. The molecule has 0 radical (unpaired) electrons. The van der Waals surface area contributed by atoms with E-state index in [1.165, 1.54) is 44.2 Å². The smallest absolute Gasteiger partial charge is 0.0998 e. The second kappa shape index (κ2) is 11.7. The molecule has 2 aliphatic rings. The fourth-order valence-electron chi connectivity index (χ4n) is 9.51. The summed E-state index contributed by atoms with van der Waals surface area (Å²) in [4.78, 5) is 2.40. The highest BCUT2D eigenvalue weighted by Crippen LogP contribution is 2.63. The third kappa shape index (κ3) is 4.20. The lowest BCUT2D eigenvalue weighted by molar-refractivity contribution is 0.752. The molecule has 0 saturated carbocycles. The third-order valence-electron chi connectivity index (χ3n) is 11.6. The van der Waals surface area contributed by atoms with Crippen LogP contribution in [0.1, 0.15) is 33.4 Å². The van der Waals surface area contributed by atoms with E-state index < -0.39 is 5.41 Å². The summed E-state index contributed by atoms with van der Waals surface area (Å²) in [6.45, 7) is 0. The van der Waals surface area contributed by atoms with Crippen molar-refractivity contribution in [2.45, 2.75) is 5.41 Å². The molecule has 2 heterocycles. The molecular formula is C51H30N4. The molecule has 0 saturated heterocycles. The van der Waals surface area contributed by atoms with E-state index in [4.69, 9.17) is 0 Å². The van der Waals surface area contributed by atoms with Crippen LogP contribution < -0.4 is 4.90 Å². The number of hydrogen-bond donors (Lipinski definition) is 0. The largest absolute Gasteiger partial charge is 0.310 e. The van der Waals surface area contributed by atoms with E-state index >= 15 is 0 Å². The first-order valence-corrected chi connectivity index (χ1v) is 18.5. The lowest BCUT2D eigenvalue weighted by atomic mass is 9.64. The van der Waals surface area contributed by atoms with Gasteiger partial charge in [-0.2, -0.15) is 10.5 Å². The Bertz CT molecular complexity index is 3000. The van der Waals surface area contributed by atoms with E-state index in [0.717, 1.165) is 44.9 Å². The first-order chi connectivity index (χ1) is 27.2. The number of aromatic nitrogens is 1. The number of benzene rings is 8. The number of nitriles is 2. The van der Waals surface area contributed by atoms with Gasteiger partial charge in [-0.05, 0) is 99.1 Å². The van der Waals surface area contributed by atoms with Gasteiger partial charge in [0, 0.05) is 22.1 Å². The molecule has 55 heavy (non-hydrogen) atoms. The molecule has 0 N–H and O–H groups in total. The maximum absolute atomic E-state index is 10.4.